The predicted octanol–water partition coefficient (Wildman–Crippen LogP) is 3.11. The highest BCUT2D eigenvalue weighted by molar-refractivity contribution is 5.92. The first-order chi connectivity index (χ1) is 9.11. The van der Waals surface area contributed by atoms with Gasteiger partial charge in [0.1, 0.15) is 5.76 Å². The van der Waals surface area contributed by atoms with Gasteiger partial charge in [0.15, 0.2) is 5.69 Å². The van der Waals surface area contributed by atoms with Crippen LogP contribution in [-0.2, 0) is 0 Å². The Bertz CT molecular complexity index is 470. The number of carbonyl (C=O) groups is 1. The number of hydrogen-bond acceptors (Lipinski definition) is 3. The number of nitrogens with zero attached hydrogens (tertiary/aromatic N) is 1. The molecule has 104 valence electrons. The van der Waals surface area contributed by atoms with Gasteiger partial charge in [0.05, 0.1) is 0 Å². The normalized spacial score (nSPS) is 21.2. The quantitative estimate of drug-likeness (QED) is 0.887. The zero-order valence-corrected chi connectivity index (χ0v) is 11.7. The molecule has 1 aromatic heterocycles. The largest absolute Gasteiger partial charge is 0.360 e. The zero-order valence-electron chi connectivity index (χ0n) is 11.7. The molecule has 0 atom stereocenters. The molecule has 0 bridgehead atoms. The molecule has 1 aromatic rings. The summed E-state index contributed by atoms with van der Waals surface area (Å²) in [6.45, 7) is 4.86. The summed E-state index contributed by atoms with van der Waals surface area (Å²) in [6.07, 6.45) is 6.55. The van der Waals surface area contributed by atoms with E-state index < -0.39 is 0 Å². The topological polar surface area (TPSA) is 55.1 Å². The van der Waals surface area contributed by atoms with Gasteiger partial charge in [-0.15, -0.1) is 0 Å². The van der Waals surface area contributed by atoms with Gasteiger partial charge in [-0.05, 0) is 37.0 Å². The SMILES string of the molecule is CC(C)c1cc(C(=O)NCC2(C3CC3)CCC2)no1. The summed E-state index contributed by atoms with van der Waals surface area (Å²) in [5, 5.41) is 6.91. The van der Waals surface area contributed by atoms with Crippen LogP contribution in [0.15, 0.2) is 10.6 Å². The van der Waals surface area contributed by atoms with Gasteiger partial charge in [0, 0.05) is 18.5 Å². The Kier molecular flexibility index (Phi) is 3.11. The van der Waals surface area contributed by atoms with Crippen LogP contribution in [0.2, 0.25) is 0 Å². The summed E-state index contributed by atoms with van der Waals surface area (Å²) in [5.74, 6) is 1.79. The first-order valence-corrected chi connectivity index (χ1v) is 7.35. The first kappa shape index (κ1) is 12.7. The smallest absolute Gasteiger partial charge is 0.273 e. The van der Waals surface area contributed by atoms with Gasteiger partial charge >= 0.3 is 0 Å². The fraction of sp³-hybridized carbons (Fsp3) is 0.733. The number of amides is 1. The molecular formula is C15H22N2O2. The maximum atomic E-state index is 12.1. The molecule has 0 radical (unpaired) electrons. The Morgan fingerprint density at radius 1 is 1.53 bits per heavy atom. The van der Waals surface area contributed by atoms with Gasteiger partial charge in [0.25, 0.3) is 5.91 Å². The van der Waals surface area contributed by atoms with E-state index in [1.807, 2.05) is 13.8 Å². The van der Waals surface area contributed by atoms with Crippen LogP contribution >= 0.6 is 0 Å². The van der Waals surface area contributed by atoms with Crippen molar-refractivity contribution in [2.24, 2.45) is 11.3 Å². The van der Waals surface area contributed by atoms with E-state index in [0.29, 0.717) is 11.1 Å². The van der Waals surface area contributed by atoms with E-state index in [1.165, 1.54) is 32.1 Å². The van der Waals surface area contributed by atoms with Crippen LogP contribution < -0.4 is 5.32 Å². The molecule has 2 fully saturated rings. The summed E-state index contributed by atoms with van der Waals surface area (Å²) in [4.78, 5) is 12.1. The highest BCUT2D eigenvalue weighted by atomic mass is 16.5. The standard InChI is InChI=1S/C15H22N2O2/c1-10(2)13-8-12(17-19-13)14(18)16-9-15(6-3-7-15)11-4-5-11/h8,10-11H,3-7,9H2,1-2H3,(H,16,18). The van der Waals surface area contributed by atoms with E-state index in [4.69, 9.17) is 4.52 Å². The minimum Gasteiger partial charge on any atom is -0.360 e. The van der Waals surface area contributed by atoms with Crippen LogP contribution in [0.5, 0.6) is 0 Å². The molecule has 4 heteroatoms. The van der Waals surface area contributed by atoms with Gasteiger partial charge < -0.3 is 9.84 Å². The molecule has 2 aliphatic carbocycles. The van der Waals surface area contributed by atoms with Crippen LogP contribution in [0.3, 0.4) is 0 Å². The highest BCUT2D eigenvalue weighted by Gasteiger charge is 2.48. The maximum absolute atomic E-state index is 12.1. The molecule has 1 heterocycles. The molecule has 1 amide bonds. The Morgan fingerprint density at radius 3 is 2.74 bits per heavy atom. The second-order valence-corrected chi connectivity index (χ2v) is 6.44. The Labute approximate surface area is 113 Å². The summed E-state index contributed by atoms with van der Waals surface area (Å²) < 4.78 is 5.17. The minimum atomic E-state index is -0.0948. The van der Waals surface area contributed by atoms with E-state index in [-0.39, 0.29) is 11.8 Å². The number of rotatable bonds is 5. The van der Waals surface area contributed by atoms with Crippen molar-refractivity contribution < 1.29 is 9.32 Å². The molecule has 3 rings (SSSR count). The second kappa shape index (κ2) is 4.66. The zero-order chi connectivity index (χ0) is 13.5. The number of hydrogen-bond donors (Lipinski definition) is 1. The van der Waals surface area contributed by atoms with Gasteiger partial charge in [-0.3, -0.25) is 4.79 Å². The Hall–Kier alpha value is -1.32. The molecular weight excluding hydrogens is 240 g/mol. The lowest BCUT2D eigenvalue weighted by Crippen LogP contribution is -2.43. The summed E-state index contributed by atoms with van der Waals surface area (Å²) in [6, 6.07) is 1.75. The highest BCUT2D eigenvalue weighted by Crippen LogP contribution is 2.56. The van der Waals surface area contributed by atoms with E-state index in [9.17, 15) is 4.79 Å². The van der Waals surface area contributed by atoms with E-state index in [1.54, 1.807) is 6.07 Å². The van der Waals surface area contributed by atoms with Crippen LogP contribution in [0.25, 0.3) is 0 Å². The fourth-order valence-corrected chi connectivity index (χ4v) is 3.07. The molecule has 2 saturated carbocycles. The fourth-order valence-electron chi connectivity index (χ4n) is 3.07. The molecule has 1 N–H and O–H groups in total. The summed E-state index contributed by atoms with van der Waals surface area (Å²) in [5.41, 5.74) is 0.814. The maximum Gasteiger partial charge on any atom is 0.273 e. The third-order valence-corrected chi connectivity index (χ3v) is 4.72. The van der Waals surface area contributed by atoms with Crippen molar-refractivity contribution in [2.45, 2.75) is 51.9 Å². The van der Waals surface area contributed by atoms with Crippen molar-refractivity contribution in [1.29, 1.82) is 0 Å². The van der Waals surface area contributed by atoms with Gasteiger partial charge in [0.2, 0.25) is 0 Å². The molecule has 2 aliphatic rings. The monoisotopic (exact) mass is 262 g/mol. The number of aromatic nitrogens is 1. The van der Waals surface area contributed by atoms with Gasteiger partial charge in [-0.2, -0.15) is 0 Å². The van der Waals surface area contributed by atoms with Gasteiger partial charge in [-0.25, -0.2) is 0 Å². The van der Waals surface area contributed by atoms with E-state index >= 15 is 0 Å². The van der Waals surface area contributed by atoms with Crippen LogP contribution in [0, 0.1) is 11.3 Å². The van der Waals surface area contributed by atoms with Crippen molar-refractivity contribution in [3.63, 3.8) is 0 Å². The van der Waals surface area contributed by atoms with Crippen LogP contribution in [-0.4, -0.2) is 17.6 Å². The van der Waals surface area contributed by atoms with Crippen molar-refractivity contribution in [3.05, 3.63) is 17.5 Å². The summed E-state index contributed by atoms with van der Waals surface area (Å²) >= 11 is 0. The van der Waals surface area contributed by atoms with Crippen LogP contribution in [0.4, 0.5) is 0 Å². The second-order valence-electron chi connectivity index (χ2n) is 6.44. The van der Waals surface area contributed by atoms with E-state index in [2.05, 4.69) is 10.5 Å². The molecule has 4 nitrogen and oxygen atoms in total. The molecule has 0 saturated heterocycles. The third-order valence-electron chi connectivity index (χ3n) is 4.72. The lowest BCUT2D eigenvalue weighted by molar-refractivity contribution is 0.0775. The van der Waals surface area contributed by atoms with Crippen molar-refractivity contribution in [1.82, 2.24) is 10.5 Å². The number of nitrogens with one attached hydrogen (secondary N) is 1. The van der Waals surface area contributed by atoms with E-state index in [0.717, 1.165) is 18.2 Å². The van der Waals surface area contributed by atoms with Crippen molar-refractivity contribution >= 4 is 5.91 Å². The Morgan fingerprint density at radius 2 is 2.26 bits per heavy atom. The minimum absolute atomic E-state index is 0.0948. The lowest BCUT2D eigenvalue weighted by atomic mass is 9.65. The van der Waals surface area contributed by atoms with Crippen LogP contribution in [0.1, 0.15) is 68.1 Å². The molecule has 0 aromatic carbocycles. The first-order valence-electron chi connectivity index (χ1n) is 7.35. The van der Waals surface area contributed by atoms with Gasteiger partial charge in [-0.1, -0.05) is 25.4 Å². The summed E-state index contributed by atoms with van der Waals surface area (Å²) in [7, 11) is 0. The lowest BCUT2D eigenvalue weighted by Gasteiger charge is -2.42. The molecule has 0 unspecified atom stereocenters. The number of carbonyl (C=O) groups excluding carboxylic acids is 1. The molecule has 19 heavy (non-hydrogen) atoms. The van der Waals surface area contributed by atoms with Crippen molar-refractivity contribution in [3.8, 4) is 0 Å². The average molecular weight is 262 g/mol. The molecule has 0 aliphatic heterocycles. The Balaban J connectivity index is 1.58. The average Bonchev–Trinajstić information content (AvgIpc) is 3.04. The third kappa shape index (κ3) is 2.40. The predicted molar refractivity (Wildman–Crippen MR) is 71.9 cm³/mol. The molecule has 0 spiro atoms. The van der Waals surface area contributed by atoms with Crippen molar-refractivity contribution in [2.75, 3.05) is 6.54 Å².